The van der Waals surface area contributed by atoms with Crippen molar-refractivity contribution in [2.75, 3.05) is 0 Å². The van der Waals surface area contributed by atoms with Crippen molar-refractivity contribution in [2.45, 2.75) is 19.6 Å². The SMILES string of the molecule is C[C@H](O)c1cccc(OCc2nnn(C)n2)c1. The second kappa shape index (κ2) is 4.92. The summed E-state index contributed by atoms with van der Waals surface area (Å²) >= 11 is 0. The van der Waals surface area contributed by atoms with Crippen LogP contribution >= 0.6 is 0 Å². The molecule has 6 nitrogen and oxygen atoms in total. The van der Waals surface area contributed by atoms with Crippen molar-refractivity contribution < 1.29 is 9.84 Å². The number of benzene rings is 1. The average Bonchev–Trinajstić information content (AvgIpc) is 2.73. The van der Waals surface area contributed by atoms with Gasteiger partial charge >= 0.3 is 0 Å². The van der Waals surface area contributed by atoms with E-state index in [4.69, 9.17) is 4.74 Å². The van der Waals surface area contributed by atoms with Crippen LogP contribution in [-0.2, 0) is 13.7 Å². The Kier molecular flexibility index (Phi) is 3.34. The van der Waals surface area contributed by atoms with Crippen molar-refractivity contribution in [2.24, 2.45) is 7.05 Å². The molecule has 1 heterocycles. The molecule has 0 unspecified atom stereocenters. The van der Waals surface area contributed by atoms with Crippen molar-refractivity contribution in [3.63, 3.8) is 0 Å². The Morgan fingerprint density at radius 1 is 1.47 bits per heavy atom. The van der Waals surface area contributed by atoms with E-state index >= 15 is 0 Å². The second-order valence-electron chi connectivity index (χ2n) is 3.73. The maximum Gasteiger partial charge on any atom is 0.212 e. The van der Waals surface area contributed by atoms with Gasteiger partial charge in [-0.15, -0.1) is 10.2 Å². The van der Waals surface area contributed by atoms with Crippen LogP contribution in [0, 0.1) is 0 Å². The Balaban J connectivity index is 2.01. The smallest absolute Gasteiger partial charge is 0.212 e. The molecule has 17 heavy (non-hydrogen) atoms. The summed E-state index contributed by atoms with van der Waals surface area (Å²) in [5, 5.41) is 21.0. The van der Waals surface area contributed by atoms with Gasteiger partial charge in [0.2, 0.25) is 5.82 Å². The molecule has 0 bridgehead atoms. The van der Waals surface area contributed by atoms with Gasteiger partial charge in [0.25, 0.3) is 0 Å². The number of hydrogen-bond donors (Lipinski definition) is 1. The summed E-state index contributed by atoms with van der Waals surface area (Å²) < 4.78 is 5.51. The van der Waals surface area contributed by atoms with Crippen molar-refractivity contribution in [3.05, 3.63) is 35.7 Å². The predicted molar refractivity (Wildman–Crippen MR) is 60.2 cm³/mol. The van der Waals surface area contributed by atoms with Crippen LogP contribution in [0.3, 0.4) is 0 Å². The second-order valence-corrected chi connectivity index (χ2v) is 3.73. The van der Waals surface area contributed by atoms with Crippen LogP contribution in [0.4, 0.5) is 0 Å². The van der Waals surface area contributed by atoms with Gasteiger partial charge in [0.15, 0.2) is 6.61 Å². The number of rotatable bonds is 4. The molecule has 0 amide bonds. The molecule has 0 aliphatic heterocycles. The first-order valence-electron chi connectivity index (χ1n) is 5.29. The van der Waals surface area contributed by atoms with Gasteiger partial charge in [-0.1, -0.05) is 12.1 Å². The number of nitrogens with zero attached hydrogens (tertiary/aromatic N) is 4. The zero-order chi connectivity index (χ0) is 12.3. The van der Waals surface area contributed by atoms with E-state index in [9.17, 15) is 5.11 Å². The number of aliphatic hydroxyl groups excluding tert-OH is 1. The molecule has 6 heteroatoms. The van der Waals surface area contributed by atoms with E-state index in [1.165, 1.54) is 4.80 Å². The zero-order valence-corrected chi connectivity index (χ0v) is 9.74. The molecule has 2 rings (SSSR count). The summed E-state index contributed by atoms with van der Waals surface area (Å²) in [7, 11) is 1.70. The van der Waals surface area contributed by atoms with E-state index in [0.29, 0.717) is 11.6 Å². The highest BCUT2D eigenvalue weighted by Crippen LogP contribution is 2.19. The number of aryl methyl sites for hydroxylation is 1. The maximum absolute atomic E-state index is 9.44. The highest BCUT2D eigenvalue weighted by molar-refractivity contribution is 5.29. The first-order valence-corrected chi connectivity index (χ1v) is 5.29. The van der Waals surface area contributed by atoms with E-state index in [0.717, 1.165) is 5.56 Å². The molecule has 0 aliphatic carbocycles. The summed E-state index contributed by atoms with van der Waals surface area (Å²) in [5.41, 5.74) is 0.814. The first kappa shape index (κ1) is 11.5. The lowest BCUT2D eigenvalue weighted by atomic mass is 10.1. The molecular formula is C11H14N4O2. The number of hydrogen-bond acceptors (Lipinski definition) is 5. The molecule has 0 radical (unpaired) electrons. The number of tetrazole rings is 1. The third-order valence-electron chi connectivity index (χ3n) is 2.26. The first-order chi connectivity index (χ1) is 8.15. The summed E-state index contributed by atoms with van der Waals surface area (Å²) in [6, 6.07) is 7.29. The third-order valence-corrected chi connectivity index (χ3v) is 2.26. The molecule has 0 saturated heterocycles. The van der Waals surface area contributed by atoms with E-state index < -0.39 is 6.10 Å². The summed E-state index contributed by atoms with van der Waals surface area (Å²) in [6.07, 6.45) is -0.506. The van der Waals surface area contributed by atoms with E-state index in [-0.39, 0.29) is 6.61 Å². The van der Waals surface area contributed by atoms with Crippen LogP contribution in [-0.4, -0.2) is 25.3 Å². The Hall–Kier alpha value is -1.95. The maximum atomic E-state index is 9.44. The number of aliphatic hydroxyl groups is 1. The highest BCUT2D eigenvalue weighted by Gasteiger charge is 2.04. The molecule has 1 aromatic carbocycles. The van der Waals surface area contributed by atoms with Crippen molar-refractivity contribution in [3.8, 4) is 5.75 Å². The molecule has 0 fully saturated rings. The van der Waals surface area contributed by atoms with Gasteiger partial charge in [0.05, 0.1) is 13.2 Å². The third kappa shape index (κ3) is 3.01. The molecule has 1 atom stereocenters. The number of aromatic nitrogens is 4. The zero-order valence-electron chi connectivity index (χ0n) is 9.74. The van der Waals surface area contributed by atoms with E-state index in [2.05, 4.69) is 15.4 Å². The van der Waals surface area contributed by atoms with Gasteiger partial charge in [-0.3, -0.25) is 0 Å². The largest absolute Gasteiger partial charge is 0.485 e. The van der Waals surface area contributed by atoms with Gasteiger partial charge in [-0.05, 0) is 29.8 Å². The van der Waals surface area contributed by atoms with Crippen LogP contribution in [0.15, 0.2) is 24.3 Å². The highest BCUT2D eigenvalue weighted by atomic mass is 16.5. The number of ether oxygens (including phenoxy) is 1. The Bertz CT molecular complexity index is 496. The topological polar surface area (TPSA) is 73.1 Å². The van der Waals surface area contributed by atoms with Crippen LogP contribution < -0.4 is 4.74 Å². The molecule has 1 N–H and O–H groups in total. The molecular weight excluding hydrogens is 220 g/mol. The lowest BCUT2D eigenvalue weighted by Gasteiger charge is -2.07. The predicted octanol–water partition coefficient (Wildman–Crippen LogP) is 0.842. The fourth-order valence-electron chi connectivity index (χ4n) is 1.39. The molecule has 0 saturated carbocycles. The van der Waals surface area contributed by atoms with E-state index in [1.54, 1.807) is 20.0 Å². The molecule has 0 aliphatic rings. The lowest BCUT2D eigenvalue weighted by Crippen LogP contribution is -2.00. The lowest BCUT2D eigenvalue weighted by molar-refractivity contribution is 0.198. The summed E-state index contributed by atoms with van der Waals surface area (Å²) in [4.78, 5) is 1.38. The van der Waals surface area contributed by atoms with Gasteiger partial charge < -0.3 is 9.84 Å². The monoisotopic (exact) mass is 234 g/mol. The molecule has 0 spiro atoms. The van der Waals surface area contributed by atoms with Crippen molar-refractivity contribution >= 4 is 0 Å². The fourth-order valence-corrected chi connectivity index (χ4v) is 1.39. The van der Waals surface area contributed by atoms with Crippen LogP contribution in [0.25, 0.3) is 0 Å². The summed E-state index contributed by atoms with van der Waals surface area (Å²) in [6.45, 7) is 1.97. The minimum Gasteiger partial charge on any atom is -0.485 e. The van der Waals surface area contributed by atoms with Gasteiger partial charge in [0.1, 0.15) is 5.75 Å². The normalized spacial score (nSPS) is 12.4. The van der Waals surface area contributed by atoms with Crippen molar-refractivity contribution in [1.29, 1.82) is 0 Å². The Labute approximate surface area is 98.8 Å². The van der Waals surface area contributed by atoms with Crippen LogP contribution in [0.2, 0.25) is 0 Å². The standard InChI is InChI=1S/C11H14N4O2/c1-8(16)9-4-3-5-10(6-9)17-7-11-12-14-15(2)13-11/h3-6,8,16H,7H2,1-2H3/t8-/m0/s1. The minimum absolute atomic E-state index is 0.261. The average molecular weight is 234 g/mol. The van der Waals surface area contributed by atoms with Gasteiger partial charge in [-0.25, -0.2) is 0 Å². The van der Waals surface area contributed by atoms with Gasteiger partial charge in [0, 0.05) is 0 Å². The molecule has 90 valence electrons. The fraction of sp³-hybridized carbons (Fsp3) is 0.364. The minimum atomic E-state index is -0.506. The van der Waals surface area contributed by atoms with Crippen molar-refractivity contribution in [1.82, 2.24) is 20.2 Å². The molecule has 2 aromatic rings. The van der Waals surface area contributed by atoms with Gasteiger partial charge in [-0.2, -0.15) is 4.80 Å². The summed E-state index contributed by atoms with van der Waals surface area (Å²) in [5.74, 6) is 1.20. The quantitative estimate of drug-likeness (QED) is 0.848. The van der Waals surface area contributed by atoms with Crippen LogP contribution in [0.5, 0.6) is 5.75 Å². The van der Waals surface area contributed by atoms with Crippen LogP contribution in [0.1, 0.15) is 24.4 Å². The van der Waals surface area contributed by atoms with E-state index in [1.807, 2.05) is 18.2 Å². The Morgan fingerprint density at radius 2 is 2.29 bits per heavy atom. The molecule has 1 aromatic heterocycles. The Morgan fingerprint density at radius 3 is 2.94 bits per heavy atom.